The highest BCUT2D eigenvalue weighted by atomic mass is 16.2. The third-order valence-corrected chi connectivity index (χ3v) is 2.64. The van der Waals surface area contributed by atoms with Gasteiger partial charge in [0.05, 0.1) is 36.9 Å². The fourth-order valence-electron chi connectivity index (χ4n) is 1.71. The van der Waals surface area contributed by atoms with Crippen molar-refractivity contribution in [3.05, 3.63) is 11.9 Å². The van der Waals surface area contributed by atoms with Crippen molar-refractivity contribution >= 4 is 11.6 Å². The third kappa shape index (κ3) is 3.46. The second-order valence-electron chi connectivity index (χ2n) is 3.87. The molecule has 0 aliphatic carbocycles. The van der Waals surface area contributed by atoms with E-state index in [-0.39, 0.29) is 31.8 Å². The highest BCUT2D eigenvalue weighted by Crippen LogP contribution is 2.14. The number of hydrogen-bond donors (Lipinski definition) is 1. The van der Waals surface area contributed by atoms with Crippen molar-refractivity contribution in [1.29, 1.82) is 10.5 Å². The fourth-order valence-corrected chi connectivity index (χ4v) is 1.71. The average Bonchev–Trinajstić information content (AvgIpc) is 2.79. The van der Waals surface area contributed by atoms with Crippen LogP contribution in [0, 0.1) is 22.7 Å². The van der Waals surface area contributed by atoms with Gasteiger partial charge in [-0.05, 0) is 6.92 Å². The van der Waals surface area contributed by atoms with Gasteiger partial charge in [0, 0.05) is 19.6 Å². The maximum Gasteiger partial charge on any atom is 0.274 e. The van der Waals surface area contributed by atoms with Gasteiger partial charge in [-0.3, -0.25) is 9.48 Å². The number of amides is 1. The Morgan fingerprint density at radius 1 is 1.42 bits per heavy atom. The molecule has 0 aromatic carbocycles. The van der Waals surface area contributed by atoms with E-state index in [0.29, 0.717) is 17.9 Å². The lowest BCUT2D eigenvalue weighted by atomic mass is 10.2. The Labute approximate surface area is 111 Å². The second kappa shape index (κ2) is 7.02. The van der Waals surface area contributed by atoms with Crippen LogP contribution >= 0.6 is 0 Å². The van der Waals surface area contributed by atoms with Gasteiger partial charge in [-0.1, -0.05) is 0 Å². The normalized spacial score (nSPS) is 9.63. The monoisotopic (exact) mass is 260 g/mol. The molecule has 0 spiro atoms. The van der Waals surface area contributed by atoms with E-state index in [2.05, 4.69) is 5.10 Å². The SMILES string of the molecule is CCn1ncc(N)c1C(=O)N(CCC#N)CCC#N. The molecule has 0 unspecified atom stereocenters. The summed E-state index contributed by atoms with van der Waals surface area (Å²) in [6.07, 6.45) is 1.87. The quantitative estimate of drug-likeness (QED) is 0.811. The highest BCUT2D eigenvalue weighted by molar-refractivity contribution is 5.97. The summed E-state index contributed by atoms with van der Waals surface area (Å²) in [6.45, 7) is 2.96. The minimum absolute atomic E-state index is 0.220. The van der Waals surface area contributed by atoms with Crippen molar-refractivity contribution in [3.63, 3.8) is 0 Å². The second-order valence-corrected chi connectivity index (χ2v) is 3.87. The van der Waals surface area contributed by atoms with Crippen LogP contribution in [0.2, 0.25) is 0 Å². The summed E-state index contributed by atoms with van der Waals surface area (Å²) in [5, 5.41) is 21.2. The van der Waals surface area contributed by atoms with E-state index < -0.39 is 0 Å². The van der Waals surface area contributed by atoms with Crippen LogP contribution < -0.4 is 5.73 Å². The first-order valence-electron chi connectivity index (χ1n) is 6.00. The van der Waals surface area contributed by atoms with Gasteiger partial charge in [-0.15, -0.1) is 0 Å². The molecule has 0 saturated heterocycles. The molecule has 0 saturated carbocycles. The number of aromatic nitrogens is 2. The fraction of sp³-hybridized carbons (Fsp3) is 0.500. The summed E-state index contributed by atoms with van der Waals surface area (Å²) in [5.74, 6) is -0.289. The van der Waals surface area contributed by atoms with Crippen molar-refractivity contribution in [2.75, 3.05) is 18.8 Å². The molecule has 19 heavy (non-hydrogen) atoms. The zero-order chi connectivity index (χ0) is 14.3. The lowest BCUT2D eigenvalue weighted by Gasteiger charge is -2.20. The molecule has 0 fully saturated rings. The standard InChI is InChI=1S/C12H16N6O/c1-2-18-11(10(15)9-16-18)12(19)17(7-3-5-13)8-4-6-14/h9H,2-4,7-8,15H2,1H3. The Kier molecular flexibility index (Phi) is 5.36. The molecule has 1 heterocycles. The summed E-state index contributed by atoms with van der Waals surface area (Å²) >= 11 is 0. The van der Waals surface area contributed by atoms with E-state index in [1.807, 2.05) is 19.1 Å². The van der Waals surface area contributed by atoms with Crippen LogP contribution in [0.5, 0.6) is 0 Å². The highest BCUT2D eigenvalue weighted by Gasteiger charge is 2.22. The van der Waals surface area contributed by atoms with Crippen LogP contribution in [0.25, 0.3) is 0 Å². The van der Waals surface area contributed by atoms with Crippen LogP contribution in [0.1, 0.15) is 30.3 Å². The minimum atomic E-state index is -0.289. The Balaban J connectivity index is 2.94. The van der Waals surface area contributed by atoms with E-state index in [1.165, 1.54) is 15.8 Å². The molecule has 0 radical (unpaired) electrons. The molecular formula is C12H16N6O. The van der Waals surface area contributed by atoms with Gasteiger partial charge in [0.1, 0.15) is 5.69 Å². The smallest absolute Gasteiger partial charge is 0.274 e. The van der Waals surface area contributed by atoms with Crippen molar-refractivity contribution < 1.29 is 4.79 Å². The summed E-state index contributed by atoms with van der Waals surface area (Å²) in [6, 6.07) is 3.98. The minimum Gasteiger partial charge on any atom is -0.396 e. The Morgan fingerprint density at radius 2 is 2.00 bits per heavy atom. The average molecular weight is 260 g/mol. The molecule has 1 aromatic rings. The van der Waals surface area contributed by atoms with E-state index in [0.717, 1.165) is 0 Å². The summed E-state index contributed by atoms with van der Waals surface area (Å²) in [7, 11) is 0. The van der Waals surface area contributed by atoms with Crippen LogP contribution in [-0.2, 0) is 6.54 Å². The number of carbonyl (C=O) groups is 1. The van der Waals surface area contributed by atoms with Crippen LogP contribution in [-0.4, -0.2) is 33.7 Å². The number of nitrogen functional groups attached to an aromatic ring is 1. The van der Waals surface area contributed by atoms with Crippen LogP contribution in [0.15, 0.2) is 6.20 Å². The third-order valence-electron chi connectivity index (χ3n) is 2.64. The van der Waals surface area contributed by atoms with E-state index in [9.17, 15) is 4.79 Å². The largest absolute Gasteiger partial charge is 0.396 e. The number of nitrogens with zero attached hydrogens (tertiary/aromatic N) is 5. The van der Waals surface area contributed by atoms with Crippen LogP contribution in [0.3, 0.4) is 0 Å². The Hall–Kier alpha value is -2.54. The lowest BCUT2D eigenvalue weighted by molar-refractivity contribution is 0.0751. The molecule has 1 rings (SSSR count). The number of carbonyl (C=O) groups excluding carboxylic acids is 1. The van der Waals surface area contributed by atoms with Gasteiger partial charge in [-0.2, -0.15) is 15.6 Å². The zero-order valence-corrected chi connectivity index (χ0v) is 10.8. The molecule has 2 N–H and O–H groups in total. The maximum absolute atomic E-state index is 12.4. The van der Waals surface area contributed by atoms with Crippen molar-refractivity contribution in [3.8, 4) is 12.1 Å². The van der Waals surface area contributed by atoms with Gasteiger partial charge in [0.15, 0.2) is 0 Å². The molecule has 100 valence electrons. The first kappa shape index (κ1) is 14.5. The summed E-state index contributed by atoms with van der Waals surface area (Å²) in [4.78, 5) is 13.8. The molecule has 0 aliphatic heterocycles. The molecule has 1 amide bonds. The van der Waals surface area contributed by atoms with Crippen molar-refractivity contribution in [2.45, 2.75) is 26.3 Å². The van der Waals surface area contributed by atoms with Gasteiger partial charge >= 0.3 is 0 Å². The number of aryl methyl sites for hydroxylation is 1. The predicted octanol–water partition coefficient (Wildman–Crippen LogP) is 0.755. The predicted molar refractivity (Wildman–Crippen MR) is 68.7 cm³/mol. The van der Waals surface area contributed by atoms with Gasteiger partial charge in [0.25, 0.3) is 5.91 Å². The topological polar surface area (TPSA) is 112 Å². The zero-order valence-electron chi connectivity index (χ0n) is 10.8. The van der Waals surface area contributed by atoms with E-state index in [4.69, 9.17) is 16.3 Å². The number of nitrogens with two attached hydrogens (primary N) is 1. The first-order chi connectivity index (χ1) is 9.15. The van der Waals surface area contributed by atoms with Gasteiger partial charge in [0.2, 0.25) is 0 Å². The Morgan fingerprint density at radius 3 is 2.47 bits per heavy atom. The van der Waals surface area contributed by atoms with Gasteiger partial charge < -0.3 is 10.6 Å². The number of nitriles is 2. The Bertz CT molecular complexity index is 503. The maximum atomic E-state index is 12.4. The van der Waals surface area contributed by atoms with Gasteiger partial charge in [-0.25, -0.2) is 0 Å². The summed E-state index contributed by atoms with van der Waals surface area (Å²) < 4.78 is 1.52. The first-order valence-corrected chi connectivity index (χ1v) is 6.00. The van der Waals surface area contributed by atoms with E-state index >= 15 is 0 Å². The molecule has 7 nitrogen and oxygen atoms in total. The molecule has 1 aromatic heterocycles. The number of rotatable bonds is 6. The summed E-state index contributed by atoms with van der Waals surface area (Å²) in [5.41, 5.74) is 6.38. The van der Waals surface area contributed by atoms with Crippen molar-refractivity contribution in [2.24, 2.45) is 0 Å². The molecule has 0 atom stereocenters. The molecule has 0 aliphatic rings. The van der Waals surface area contributed by atoms with E-state index in [1.54, 1.807) is 0 Å². The van der Waals surface area contributed by atoms with Crippen LogP contribution in [0.4, 0.5) is 5.69 Å². The van der Waals surface area contributed by atoms with Crippen molar-refractivity contribution in [1.82, 2.24) is 14.7 Å². The lowest BCUT2D eigenvalue weighted by Crippen LogP contribution is -2.34. The molecular weight excluding hydrogens is 244 g/mol. The molecule has 0 bridgehead atoms. The number of anilines is 1. The molecule has 7 heteroatoms. The number of hydrogen-bond acceptors (Lipinski definition) is 5.